The van der Waals surface area contributed by atoms with E-state index in [0.29, 0.717) is 18.7 Å². The molecule has 0 spiro atoms. The Morgan fingerprint density at radius 3 is 2.82 bits per heavy atom. The van der Waals surface area contributed by atoms with Gasteiger partial charge in [0, 0.05) is 30.3 Å². The van der Waals surface area contributed by atoms with Gasteiger partial charge < -0.3 is 14.8 Å². The Morgan fingerprint density at radius 2 is 2.27 bits per heavy atom. The minimum atomic E-state index is -0.959. The molecule has 7 nitrogen and oxygen atoms in total. The minimum Gasteiger partial charge on any atom is -0.477 e. The molecule has 0 amide bonds. The van der Waals surface area contributed by atoms with E-state index in [9.17, 15) is 9.90 Å². The molecule has 1 aliphatic heterocycles. The van der Waals surface area contributed by atoms with Crippen LogP contribution in [0, 0.1) is 13.8 Å². The molecule has 0 unspecified atom stereocenters. The molecule has 0 aliphatic carbocycles. The van der Waals surface area contributed by atoms with Gasteiger partial charge in [0.2, 0.25) is 0 Å². The summed E-state index contributed by atoms with van der Waals surface area (Å²) in [5.41, 5.74) is 2.54. The number of carboxylic acids is 1. The number of rotatable bonds is 4. The van der Waals surface area contributed by atoms with Gasteiger partial charge in [-0.3, -0.25) is 0 Å². The van der Waals surface area contributed by atoms with Gasteiger partial charge in [0.25, 0.3) is 0 Å². The summed E-state index contributed by atoms with van der Waals surface area (Å²) in [4.78, 5) is 18.9. The Balaban J connectivity index is 2.09. The summed E-state index contributed by atoms with van der Waals surface area (Å²) in [5.74, 6) is 0.776. The van der Waals surface area contributed by atoms with Crippen molar-refractivity contribution in [3.63, 3.8) is 0 Å². The van der Waals surface area contributed by atoms with Crippen molar-refractivity contribution in [3.05, 3.63) is 22.8 Å². The molecule has 2 aromatic rings. The lowest BCUT2D eigenvalue weighted by molar-refractivity contribution is 0.0690. The van der Waals surface area contributed by atoms with Gasteiger partial charge in [-0.2, -0.15) is 5.10 Å². The number of carbonyl (C=O) groups is 1. The molecule has 3 rings (SSSR count). The predicted molar refractivity (Wildman–Crippen MR) is 80.1 cm³/mol. The molecule has 0 aromatic carbocycles. The topological polar surface area (TPSA) is 93.0 Å². The molecular weight excluding hydrogens is 284 g/mol. The highest BCUT2D eigenvalue weighted by atomic mass is 16.5. The third-order valence-electron chi connectivity index (χ3n) is 4.16. The van der Waals surface area contributed by atoms with Crippen molar-refractivity contribution in [1.29, 1.82) is 0 Å². The zero-order valence-electron chi connectivity index (χ0n) is 13.0. The van der Waals surface area contributed by atoms with Crippen LogP contribution in [0.15, 0.2) is 0 Å². The van der Waals surface area contributed by atoms with E-state index in [1.807, 2.05) is 18.5 Å². The van der Waals surface area contributed by atoms with Crippen LogP contribution in [0.5, 0.6) is 0 Å². The monoisotopic (exact) mass is 304 g/mol. The van der Waals surface area contributed by atoms with Gasteiger partial charge in [0.05, 0.1) is 6.61 Å². The average molecular weight is 304 g/mol. The largest absolute Gasteiger partial charge is 0.477 e. The van der Waals surface area contributed by atoms with Crippen molar-refractivity contribution in [3.8, 4) is 11.4 Å². The highest BCUT2D eigenvalue weighted by Crippen LogP contribution is 2.31. The number of aromatic nitrogens is 4. The summed E-state index contributed by atoms with van der Waals surface area (Å²) in [6, 6.07) is 0. The number of nitrogens with zero attached hydrogens (tertiary/aromatic N) is 3. The third kappa shape index (κ3) is 2.31. The van der Waals surface area contributed by atoms with Gasteiger partial charge in [0.1, 0.15) is 5.69 Å². The highest BCUT2D eigenvalue weighted by Gasteiger charge is 2.26. The molecule has 0 bridgehead atoms. The summed E-state index contributed by atoms with van der Waals surface area (Å²) in [7, 11) is 0. The lowest BCUT2D eigenvalue weighted by atomic mass is 10.1. The molecule has 1 aliphatic rings. The van der Waals surface area contributed by atoms with E-state index in [4.69, 9.17) is 4.74 Å². The van der Waals surface area contributed by atoms with Crippen molar-refractivity contribution in [2.24, 2.45) is 0 Å². The van der Waals surface area contributed by atoms with Gasteiger partial charge >= 0.3 is 5.97 Å². The van der Waals surface area contributed by atoms with Crippen molar-refractivity contribution in [2.45, 2.75) is 39.7 Å². The molecule has 0 radical (unpaired) electrons. The second-order valence-corrected chi connectivity index (χ2v) is 5.60. The Bertz CT molecular complexity index is 711. The van der Waals surface area contributed by atoms with Crippen LogP contribution in [0.4, 0.5) is 0 Å². The Morgan fingerprint density at radius 1 is 1.50 bits per heavy atom. The van der Waals surface area contributed by atoms with Gasteiger partial charge in [-0.05, 0) is 32.8 Å². The number of H-pyrrole nitrogens is 1. The molecule has 1 fully saturated rings. The van der Waals surface area contributed by atoms with Crippen LogP contribution in [0.25, 0.3) is 11.4 Å². The van der Waals surface area contributed by atoms with Crippen molar-refractivity contribution in [1.82, 2.24) is 19.7 Å². The van der Waals surface area contributed by atoms with Gasteiger partial charge in [-0.25, -0.2) is 14.5 Å². The second kappa shape index (κ2) is 5.57. The maximum Gasteiger partial charge on any atom is 0.352 e. The van der Waals surface area contributed by atoms with Crippen LogP contribution < -0.4 is 0 Å². The fraction of sp³-hybridized carbons (Fsp3) is 0.533. The number of hydrogen-bond donors (Lipinski definition) is 2. The van der Waals surface area contributed by atoms with Gasteiger partial charge in [-0.1, -0.05) is 0 Å². The van der Waals surface area contributed by atoms with Crippen LogP contribution in [0.2, 0.25) is 0 Å². The molecule has 7 heteroatoms. The van der Waals surface area contributed by atoms with E-state index in [0.717, 1.165) is 35.9 Å². The van der Waals surface area contributed by atoms with Crippen molar-refractivity contribution >= 4 is 5.97 Å². The van der Waals surface area contributed by atoms with Gasteiger partial charge in [-0.15, -0.1) is 0 Å². The summed E-state index contributed by atoms with van der Waals surface area (Å²) in [6.07, 6.45) is 0.929. The summed E-state index contributed by atoms with van der Waals surface area (Å²) < 4.78 is 7.25. The first-order chi connectivity index (χ1) is 10.5. The van der Waals surface area contributed by atoms with Crippen LogP contribution in [-0.2, 0) is 11.3 Å². The van der Waals surface area contributed by atoms with E-state index in [1.165, 1.54) is 0 Å². The zero-order chi connectivity index (χ0) is 15.9. The third-order valence-corrected chi connectivity index (χ3v) is 4.16. The Labute approximate surface area is 128 Å². The number of aromatic carboxylic acids is 1. The fourth-order valence-corrected chi connectivity index (χ4v) is 2.98. The first-order valence-electron chi connectivity index (χ1n) is 7.48. The lowest BCUT2D eigenvalue weighted by Crippen LogP contribution is -2.03. The van der Waals surface area contributed by atoms with Crippen LogP contribution in [0.3, 0.4) is 0 Å². The van der Waals surface area contributed by atoms with Crippen LogP contribution in [-0.4, -0.2) is 44.0 Å². The Kier molecular flexibility index (Phi) is 3.74. The standard InChI is InChI=1S/C15H20N4O3/c1-4-19-14(17-13(18-19)10-5-6-22-7-10)11-8(2)12(15(20)21)16-9(11)3/h10,16H,4-7H2,1-3H3,(H,20,21)/t10-/m0/s1. The van der Waals surface area contributed by atoms with Crippen molar-refractivity contribution < 1.29 is 14.6 Å². The van der Waals surface area contributed by atoms with Crippen LogP contribution >= 0.6 is 0 Å². The number of carboxylic acid groups (broad SMARTS) is 1. The number of aryl methyl sites for hydroxylation is 2. The van der Waals surface area contributed by atoms with E-state index >= 15 is 0 Å². The Hall–Kier alpha value is -2.15. The number of ether oxygens (including phenoxy) is 1. The first kappa shape index (κ1) is 14.8. The second-order valence-electron chi connectivity index (χ2n) is 5.60. The van der Waals surface area contributed by atoms with E-state index < -0.39 is 5.97 Å². The number of nitrogens with one attached hydrogen (secondary N) is 1. The molecule has 2 aromatic heterocycles. The van der Waals surface area contributed by atoms with Crippen LogP contribution in [0.1, 0.15) is 46.8 Å². The van der Waals surface area contributed by atoms with E-state index in [1.54, 1.807) is 6.92 Å². The molecular formula is C15H20N4O3. The average Bonchev–Trinajstić information content (AvgIpc) is 3.17. The lowest BCUT2D eigenvalue weighted by Gasteiger charge is -2.03. The van der Waals surface area contributed by atoms with Crippen molar-refractivity contribution in [2.75, 3.05) is 13.2 Å². The summed E-state index contributed by atoms with van der Waals surface area (Å²) >= 11 is 0. The number of aromatic amines is 1. The SMILES string of the molecule is CCn1nc([C@H]2CCOC2)nc1-c1c(C)[nH]c(C(=O)O)c1C. The van der Waals surface area contributed by atoms with E-state index in [-0.39, 0.29) is 11.6 Å². The first-order valence-corrected chi connectivity index (χ1v) is 7.48. The predicted octanol–water partition coefficient (Wildman–Crippen LogP) is 2.11. The molecule has 22 heavy (non-hydrogen) atoms. The van der Waals surface area contributed by atoms with E-state index in [2.05, 4.69) is 15.1 Å². The summed E-state index contributed by atoms with van der Waals surface area (Å²) in [6.45, 7) is 7.74. The summed E-state index contributed by atoms with van der Waals surface area (Å²) in [5, 5.41) is 13.9. The minimum absolute atomic E-state index is 0.212. The van der Waals surface area contributed by atoms with Gasteiger partial charge in [0.15, 0.2) is 11.6 Å². The maximum absolute atomic E-state index is 11.3. The quantitative estimate of drug-likeness (QED) is 0.902. The fourth-order valence-electron chi connectivity index (χ4n) is 2.98. The molecule has 118 valence electrons. The normalized spacial score (nSPS) is 18.0. The molecule has 3 heterocycles. The zero-order valence-corrected chi connectivity index (χ0v) is 13.0. The molecule has 0 saturated carbocycles. The highest BCUT2D eigenvalue weighted by molar-refractivity contribution is 5.90. The maximum atomic E-state index is 11.3. The molecule has 1 atom stereocenters. The smallest absolute Gasteiger partial charge is 0.352 e. The molecule has 2 N–H and O–H groups in total. The number of hydrogen-bond acceptors (Lipinski definition) is 4. The molecule has 1 saturated heterocycles.